The second-order valence-electron chi connectivity index (χ2n) is 5.26. The van der Waals surface area contributed by atoms with Gasteiger partial charge >= 0.3 is 0 Å². The second-order valence-corrected chi connectivity index (χ2v) is 5.26. The van der Waals surface area contributed by atoms with Crippen LogP contribution < -0.4 is 5.32 Å². The molecule has 0 radical (unpaired) electrons. The molecule has 1 aromatic rings. The molecule has 18 heavy (non-hydrogen) atoms. The number of nitrogens with zero attached hydrogens (tertiary/aromatic N) is 1. The van der Waals surface area contributed by atoms with Crippen LogP contribution in [-0.2, 0) is 4.79 Å². The van der Waals surface area contributed by atoms with Crippen LogP contribution in [0, 0.1) is 0 Å². The van der Waals surface area contributed by atoms with E-state index in [1.54, 1.807) is 6.92 Å². The van der Waals surface area contributed by atoms with Gasteiger partial charge in [-0.3, -0.25) is 9.69 Å². The lowest BCUT2D eigenvalue weighted by Crippen LogP contribution is -2.30. The van der Waals surface area contributed by atoms with E-state index in [2.05, 4.69) is 36.2 Å². The number of carbonyl (C=O) groups excluding carboxylic acids is 1. The Morgan fingerprint density at radius 3 is 2.78 bits per heavy atom. The largest absolute Gasteiger partial charge is 0.326 e. The van der Waals surface area contributed by atoms with Crippen LogP contribution in [-0.4, -0.2) is 23.4 Å². The van der Waals surface area contributed by atoms with Crippen molar-refractivity contribution >= 4 is 11.6 Å². The molecule has 0 saturated carbocycles. The van der Waals surface area contributed by atoms with E-state index >= 15 is 0 Å². The van der Waals surface area contributed by atoms with Crippen molar-refractivity contribution in [2.75, 3.05) is 11.9 Å². The van der Waals surface area contributed by atoms with Crippen molar-refractivity contribution in [1.29, 1.82) is 0 Å². The molecule has 0 aliphatic carbocycles. The molecule has 1 heterocycles. The van der Waals surface area contributed by atoms with E-state index in [9.17, 15) is 4.79 Å². The highest BCUT2D eigenvalue weighted by molar-refractivity contribution is 5.89. The van der Waals surface area contributed by atoms with Crippen molar-refractivity contribution in [3.8, 4) is 0 Å². The Bertz CT molecular complexity index is 428. The van der Waals surface area contributed by atoms with Gasteiger partial charge in [0.25, 0.3) is 0 Å². The van der Waals surface area contributed by atoms with E-state index in [4.69, 9.17) is 0 Å². The van der Waals surface area contributed by atoms with Crippen LogP contribution >= 0.6 is 0 Å². The molecular weight excluding hydrogens is 224 g/mol. The smallest absolute Gasteiger partial charge is 0.221 e. The maximum absolute atomic E-state index is 11.3. The Labute approximate surface area is 109 Å². The van der Waals surface area contributed by atoms with Crippen molar-refractivity contribution in [1.82, 2.24) is 4.90 Å². The number of amides is 1. The molecule has 3 nitrogen and oxygen atoms in total. The zero-order valence-electron chi connectivity index (χ0n) is 11.4. The van der Waals surface area contributed by atoms with Gasteiger partial charge in [0, 0.05) is 24.7 Å². The number of nitrogens with one attached hydrogen (secondary N) is 1. The van der Waals surface area contributed by atoms with Crippen LogP contribution in [0.2, 0.25) is 0 Å². The van der Waals surface area contributed by atoms with E-state index < -0.39 is 0 Å². The Morgan fingerprint density at radius 2 is 2.11 bits per heavy atom. The van der Waals surface area contributed by atoms with Crippen LogP contribution in [0.15, 0.2) is 24.3 Å². The minimum Gasteiger partial charge on any atom is -0.326 e. The molecule has 0 aromatic heterocycles. The topological polar surface area (TPSA) is 32.3 Å². The summed E-state index contributed by atoms with van der Waals surface area (Å²) >= 11 is 0. The van der Waals surface area contributed by atoms with Crippen LogP contribution in [0.4, 0.5) is 5.69 Å². The predicted molar refractivity (Wildman–Crippen MR) is 74.6 cm³/mol. The molecule has 1 N–H and O–H groups in total. The molecule has 1 aliphatic heterocycles. The first-order valence-corrected chi connectivity index (χ1v) is 6.72. The van der Waals surface area contributed by atoms with Gasteiger partial charge in [-0.2, -0.15) is 0 Å². The molecule has 0 bridgehead atoms. The van der Waals surface area contributed by atoms with Gasteiger partial charge in [0.2, 0.25) is 5.91 Å². The Kier molecular flexibility index (Phi) is 4.02. The minimum atomic E-state index is -0.00320. The first kappa shape index (κ1) is 13.1. The van der Waals surface area contributed by atoms with Gasteiger partial charge in [0.1, 0.15) is 0 Å². The Morgan fingerprint density at radius 1 is 1.39 bits per heavy atom. The van der Waals surface area contributed by atoms with Gasteiger partial charge in [-0.15, -0.1) is 0 Å². The van der Waals surface area contributed by atoms with E-state index in [-0.39, 0.29) is 5.91 Å². The van der Waals surface area contributed by atoms with E-state index in [1.807, 2.05) is 12.1 Å². The number of likely N-dealkylation sites (tertiary alicyclic amines) is 1. The zero-order chi connectivity index (χ0) is 13.1. The SMILES string of the molecule is CC(=O)Nc1ccccc1C1CCCN1C(C)C. The van der Waals surface area contributed by atoms with E-state index in [0.717, 1.165) is 12.2 Å². The van der Waals surface area contributed by atoms with Crippen molar-refractivity contribution in [3.63, 3.8) is 0 Å². The van der Waals surface area contributed by atoms with Crippen molar-refractivity contribution in [3.05, 3.63) is 29.8 Å². The van der Waals surface area contributed by atoms with E-state index in [1.165, 1.54) is 18.4 Å². The van der Waals surface area contributed by atoms with Crippen molar-refractivity contribution in [2.45, 2.75) is 45.7 Å². The third kappa shape index (κ3) is 2.72. The fraction of sp³-hybridized carbons (Fsp3) is 0.533. The molecular formula is C15H22N2O. The third-order valence-corrected chi connectivity index (χ3v) is 3.59. The third-order valence-electron chi connectivity index (χ3n) is 3.59. The van der Waals surface area contributed by atoms with Gasteiger partial charge < -0.3 is 5.32 Å². The van der Waals surface area contributed by atoms with E-state index in [0.29, 0.717) is 12.1 Å². The van der Waals surface area contributed by atoms with Crippen molar-refractivity contribution < 1.29 is 4.79 Å². The molecule has 1 fully saturated rings. The maximum atomic E-state index is 11.3. The van der Waals surface area contributed by atoms with Gasteiger partial charge in [0.05, 0.1) is 0 Å². The number of hydrogen-bond acceptors (Lipinski definition) is 2. The van der Waals surface area contributed by atoms with Crippen LogP contribution in [0.3, 0.4) is 0 Å². The second kappa shape index (κ2) is 5.53. The monoisotopic (exact) mass is 246 g/mol. The van der Waals surface area contributed by atoms with Crippen LogP contribution in [0.5, 0.6) is 0 Å². The summed E-state index contributed by atoms with van der Waals surface area (Å²) in [5.74, 6) is -0.00320. The number of hydrogen-bond donors (Lipinski definition) is 1. The minimum absolute atomic E-state index is 0.00320. The highest BCUT2D eigenvalue weighted by Gasteiger charge is 2.29. The Balaban J connectivity index is 2.29. The lowest BCUT2D eigenvalue weighted by atomic mass is 10.0. The summed E-state index contributed by atoms with van der Waals surface area (Å²) in [6.45, 7) is 7.18. The highest BCUT2D eigenvalue weighted by Crippen LogP contribution is 2.36. The number of carbonyl (C=O) groups is 1. The molecule has 1 aliphatic rings. The van der Waals surface area contributed by atoms with Gasteiger partial charge in [-0.25, -0.2) is 0 Å². The lowest BCUT2D eigenvalue weighted by molar-refractivity contribution is -0.114. The molecule has 3 heteroatoms. The molecule has 2 rings (SSSR count). The molecule has 1 amide bonds. The summed E-state index contributed by atoms with van der Waals surface area (Å²) in [5.41, 5.74) is 2.21. The number of benzene rings is 1. The molecule has 98 valence electrons. The predicted octanol–water partition coefficient (Wildman–Crippen LogP) is 3.19. The molecule has 1 aromatic carbocycles. The van der Waals surface area contributed by atoms with Crippen LogP contribution in [0.1, 0.15) is 45.2 Å². The number of anilines is 1. The fourth-order valence-electron chi connectivity index (χ4n) is 2.83. The maximum Gasteiger partial charge on any atom is 0.221 e. The van der Waals surface area contributed by atoms with Gasteiger partial charge in [-0.05, 0) is 44.9 Å². The molecule has 1 saturated heterocycles. The first-order chi connectivity index (χ1) is 8.59. The summed E-state index contributed by atoms with van der Waals surface area (Å²) in [6.07, 6.45) is 2.41. The van der Waals surface area contributed by atoms with Crippen molar-refractivity contribution in [2.24, 2.45) is 0 Å². The average Bonchev–Trinajstić information content (AvgIpc) is 2.77. The summed E-state index contributed by atoms with van der Waals surface area (Å²) in [5, 5.41) is 2.94. The number of para-hydroxylation sites is 1. The molecule has 0 spiro atoms. The lowest BCUT2D eigenvalue weighted by Gasteiger charge is -2.29. The number of rotatable bonds is 3. The summed E-state index contributed by atoms with van der Waals surface area (Å²) in [7, 11) is 0. The Hall–Kier alpha value is -1.35. The average molecular weight is 246 g/mol. The summed E-state index contributed by atoms with van der Waals surface area (Å²) in [4.78, 5) is 13.8. The quantitative estimate of drug-likeness (QED) is 0.888. The zero-order valence-corrected chi connectivity index (χ0v) is 11.4. The molecule has 1 unspecified atom stereocenters. The van der Waals surface area contributed by atoms with Gasteiger partial charge in [-0.1, -0.05) is 18.2 Å². The summed E-state index contributed by atoms with van der Waals surface area (Å²) < 4.78 is 0. The standard InChI is InChI=1S/C15H22N2O/c1-11(2)17-10-6-9-15(17)13-7-4-5-8-14(13)16-12(3)18/h4-5,7-8,11,15H,6,9-10H2,1-3H3,(H,16,18). The summed E-state index contributed by atoms with van der Waals surface area (Å²) in [6, 6.07) is 9.14. The van der Waals surface area contributed by atoms with Crippen LogP contribution in [0.25, 0.3) is 0 Å². The first-order valence-electron chi connectivity index (χ1n) is 6.72. The molecule has 1 atom stereocenters. The fourth-order valence-corrected chi connectivity index (χ4v) is 2.83. The highest BCUT2D eigenvalue weighted by atomic mass is 16.1. The van der Waals surface area contributed by atoms with Gasteiger partial charge in [0.15, 0.2) is 0 Å². The normalized spacial score (nSPS) is 20.3.